The number of hydrogen-bond donors (Lipinski definition) is 5. The highest BCUT2D eigenvalue weighted by molar-refractivity contribution is 5.94. The van der Waals surface area contributed by atoms with Crippen LogP contribution in [-0.4, -0.2) is 42.7 Å². The van der Waals surface area contributed by atoms with Crippen molar-refractivity contribution in [2.24, 2.45) is 17.6 Å². The van der Waals surface area contributed by atoms with Crippen molar-refractivity contribution in [3.63, 3.8) is 0 Å². The first kappa shape index (κ1) is 34.0. The molecule has 3 aromatic carbocycles. The van der Waals surface area contributed by atoms with E-state index in [2.05, 4.69) is 21.5 Å². The second-order valence-corrected chi connectivity index (χ2v) is 12.3. The van der Waals surface area contributed by atoms with Crippen molar-refractivity contribution < 1.29 is 28.7 Å². The standard InChI is InChI=1S/C35H43N5O6/c1-21(2)17-30(36)32(41)37-24-15-13-23(14-16-24)19-45-34(43)38-31(18-22(3)4)33(42)39-40-35(44)46-20-29-27-11-7-5-9-25(27)26-10-6-8-12-28(26)29/h5-16,21-22,29-31H,17-20,36H2,1-4H3,(H,37,41)(H,38,43)(H,39,42)(H,40,44)/t30-,31+/m0/s1. The maximum absolute atomic E-state index is 12.9. The highest BCUT2D eigenvalue weighted by Gasteiger charge is 2.29. The van der Waals surface area contributed by atoms with Crippen molar-refractivity contribution in [3.05, 3.63) is 89.5 Å². The van der Waals surface area contributed by atoms with E-state index in [0.29, 0.717) is 30.0 Å². The summed E-state index contributed by atoms with van der Waals surface area (Å²) < 4.78 is 10.8. The molecule has 0 radical (unpaired) electrons. The summed E-state index contributed by atoms with van der Waals surface area (Å²) in [6.07, 6.45) is -0.726. The average molecular weight is 630 g/mol. The van der Waals surface area contributed by atoms with Crippen molar-refractivity contribution in [2.75, 3.05) is 11.9 Å². The van der Waals surface area contributed by atoms with Crippen molar-refractivity contribution in [3.8, 4) is 11.1 Å². The molecule has 0 saturated heterocycles. The topological polar surface area (TPSA) is 161 Å². The lowest BCUT2D eigenvalue weighted by Gasteiger charge is -2.20. The molecule has 6 N–H and O–H groups in total. The lowest BCUT2D eigenvalue weighted by molar-refractivity contribution is -0.124. The van der Waals surface area contributed by atoms with Crippen LogP contribution in [0.4, 0.5) is 15.3 Å². The summed E-state index contributed by atoms with van der Waals surface area (Å²) in [5, 5.41) is 5.35. The molecule has 11 heteroatoms. The van der Waals surface area contributed by atoms with Gasteiger partial charge in [-0.2, -0.15) is 0 Å². The maximum Gasteiger partial charge on any atom is 0.426 e. The molecule has 0 heterocycles. The number of alkyl carbamates (subject to hydrolysis) is 1. The van der Waals surface area contributed by atoms with Gasteiger partial charge in [-0.25, -0.2) is 15.0 Å². The quantitative estimate of drug-likeness (QED) is 0.172. The van der Waals surface area contributed by atoms with E-state index in [9.17, 15) is 19.2 Å². The molecule has 0 aliphatic heterocycles. The maximum atomic E-state index is 12.9. The fourth-order valence-electron chi connectivity index (χ4n) is 5.40. The molecule has 4 rings (SSSR count). The monoisotopic (exact) mass is 629 g/mol. The van der Waals surface area contributed by atoms with Gasteiger partial charge in [-0.05, 0) is 64.6 Å². The molecule has 0 saturated carbocycles. The highest BCUT2D eigenvalue weighted by Crippen LogP contribution is 2.44. The molecule has 1 aliphatic rings. The fraction of sp³-hybridized carbons (Fsp3) is 0.371. The van der Waals surface area contributed by atoms with Gasteiger partial charge in [-0.1, -0.05) is 88.4 Å². The molecular weight excluding hydrogens is 586 g/mol. The summed E-state index contributed by atoms with van der Waals surface area (Å²) in [5.74, 6) is -0.645. The first-order valence-electron chi connectivity index (χ1n) is 15.5. The second kappa shape index (κ2) is 15.9. The molecule has 4 amide bonds. The minimum Gasteiger partial charge on any atom is -0.447 e. The minimum absolute atomic E-state index is 0.0546. The number of nitrogens with one attached hydrogen (secondary N) is 4. The van der Waals surface area contributed by atoms with Crippen LogP contribution in [0, 0.1) is 11.8 Å². The number of carbonyl (C=O) groups excluding carboxylic acids is 4. The molecule has 0 bridgehead atoms. The molecule has 2 atom stereocenters. The lowest BCUT2D eigenvalue weighted by atomic mass is 9.98. The van der Waals surface area contributed by atoms with E-state index >= 15 is 0 Å². The molecule has 46 heavy (non-hydrogen) atoms. The van der Waals surface area contributed by atoms with Gasteiger partial charge in [0.25, 0.3) is 5.91 Å². The number of carbonyl (C=O) groups is 4. The molecule has 3 aromatic rings. The van der Waals surface area contributed by atoms with Gasteiger partial charge in [0.2, 0.25) is 5.91 Å². The van der Waals surface area contributed by atoms with Gasteiger partial charge in [0.15, 0.2) is 0 Å². The van der Waals surface area contributed by atoms with Gasteiger partial charge in [0.1, 0.15) is 19.3 Å². The number of benzene rings is 3. The SMILES string of the molecule is CC(C)C[C@H](N)C(=O)Nc1ccc(COC(=O)N[C@H](CC(C)C)C(=O)NNC(=O)OCC2c3ccccc3-c3ccccc32)cc1. The van der Waals surface area contributed by atoms with E-state index in [-0.39, 0.29) is 31.0 Å². The van der Waals surface area contributed by atoms with Gasteiger partial charge >= 0.3 is 12.2 Å². The Morgan fingerprint density at radius 3 is 1.89 bits per heavy atom. The number of hydrazine groups is 1. The van der Waals surface area contributed by atoms with Crippen LogP contribution in [0.3, 0.4) is 0 Å². The number of nitrogens with two attached hydrogens (primary N) is 1. The van der Waals surface area contributed by atoms with Crippen LogP contribution >= 0.6 is 0 Å². The van der Waals surface area contributed by atoms with Gasteiger partial charge in [0, 0.05) is 11.6 Å². The molecule has 0 spiro atoms. The van der Waals surface area contributed by atoms with Gasteiger partial charge in [0.05, 0.1) is 6.04 Å². The molecular formula is C35H43N5O6. The Hall–Kier alpha value is -4.90. The van der Waals surface area contributed by atoms with Crippen LogP contribution in [0.5, 0.6) is 0 Å². The third-order valence-electron chi connectivity index (χ3n) is 7.60. The van der Waals surface area contributed by atoms with Gasteiger partial charge < -0.3 is 25.8 Å². The fourth-order valence-corrected chi connectivity index (χ4v) is 5.40. The Balaban J connectivity index is 1.23. The van der Waals surface area contributed by atoms with Crippen molar-refractivity contribution in [1.29, 1.82) is 0 Å². The predicted molar refractivity (Wildman–Crippen MR) is 175 cm³/mol. The van der Waals surface area contributed by atoms with Crippen molar-refractivity contribution in [2.45, 2.75) is 65.1 Å². The van der Waals surface area contributed by atoms with E-state index in [1.807, 2.05) is 76.2 Å². The Bertz CT molecular complexity index is 1480. The molecule has 0 aromatic heterocycles. The number of ether oxygens (including phenoxy) is 2. The zero-order valence-corrected chi connectivity index (χ0v) is 26.7. The number of rotatable bonds is 12. The largest absolute Gasteiger partial charge is 0.447 e. The van der Waals surface area contributed by atoms with Gasteiger partial charge in [-0.15, -0.1) is 0 Å². The summed E-state index contributed by atoms with van der Waals surface area (Å²) in [7, 11) is 0. The van der Waals surface area contributed by atoms with E-state index in [4.69, 9.17) is 15.2 Å². The average Bonchev–Trinajstić information content (AvgIpc) is 3.35. The molecule has 0 fully saturated rings. The molecule has 244 valence electrons. The number of amides is 4. The van der Waals surface area contributed by atoms with Crippen LogP contribution in [-0.2, 0) is 25.7 Å². The highest BCUT2D eigenvalue weighted by atomic mass is 16.6. The zero-order chi connectivity index (χ0) is 33.2. The third kappa shape index (κ3) is 9.31. The number of anilines is 1. The first-order valence-corrected chi connectivity index (χ1v) is 15.5. The van der Waals surface area contributed by atoms with E-state index in [1.54, 1.807) is 24.3 Å². The summed E-state index contributed by atoms with van der Waals surface area (Å²) in [4.78, 5) is 50.3. The van der Waals surface area contributed by atoms with Crippen LogP contribution in [0.1, 0.15) is 63.1 Å². The normalized spacial score (nSPS) is 13.3. The Morgan fingerprint density at radius 2 is 1.30 bits per heavy atom. The molecule has 1 aliphatic carbocycles. The minimum atomic E-state index is -0.964. The Labute approximate surface area is 269 Å². The first-order chi connectivity index (χ1) is 22.0. The lowest BCUT2D eigenvalue weighted by Crippen LogP contribution is -2.53. The van der Waals surface area contributed by atoms with E-state index < -0.39 is 30.2 Å². The van der Waals surface area contributed by atoms with Crippen LogP contribution in [0.25, 0.3) is 11.1 Å². The zero-order valence-electron chi connectivity index (χ0n) is 26.7. The second-order valence-electron chi connectivity index (χ2n) is 12.3. The summed E-state index contributed by atoms with van der Waals surface area (Å²) in [5.41, 5.74) is 16.2. The summed E-state index contributed by atoms with van der Waals surface area (Å²) in [6.45, 7) is 7.85. The molecule has 11 nitrogen and oxygen atoms in total. The van der Waals surface area contributed by atoms with Crippen molar-refractivity contribution in [1.82, 2.24) is 16.2 Å². The smallest absolute Gasteiger partial charge is 0.426 e. The van der Waals surface area contributed by atoms with Gasteiger partial charge in [-0.3, -0.25) is 15.0 Å². The number of fused-ring (bicyclic) bond motifs is 3. The number of hydrogen-bond acceptors (Lipinski definition) is 7. The summed E-state index contributed by atoms with van der Waals surface area (Å²) in [6, 6.07) is 21.2. The van der Waals surface area contributed by atoms with Crippen LogP contribution in [0.15, 0.2) is 72.8 Å². The van der Waals surface area contributed by atoms with E-state index in [1.165, 1.54) is 0 Å². The Morgan fingerprint density at radius 1 is 0.717 bits per heavy atom. The van der Waals surface area contributed by atoms with Crippen LogP contribution < -0.4 is 27.2 Å². The molecule has 0 unspecified atom stereocenters. The van der Waals surface area contributed by atoms with Crippen molar-refractivity contribution >= 4 is 29.7 Å². The predicted octanol–water partition coefficient (Wildman–Crippen LogP) is 5.21. The van der Waals surface area contributed by atoms with E-state index in [0.717, 1.165) is 22.3 Å². The van der Waals surface area contributed by atoms with Crippen LogP contribution in [0.2, 0.25) is 0 Å². The Kier molecular flexibility index (Phi) is 11.7. The summed E-state index contributed by atoms with van der Waals surface area (Å²) >= 11 is 0. The third-order valence-corrected chi connectivity index (χ3v) is 7.60.